The van der Waals surface area contributed by atoms with Crippen molar-refractivity contribution in [1.82, 2.24) is 15.5 Å². The zero-order valence-corrected chi connectivity index (χ0v) is 12.8. The predicted molar refractivity (Wildman–Crippen MR) is 80.2 cm³/mol. The lowest BCUT2D eigenvalue weighted by molar-refractivity contribution is -0.142. The van der Waals surface area contributed by atoms with Gasteiger partial charge in [-0.3, -0.25) is 4.79 Å². The minimum absolute atomic E-state index is 0.204. The Balaban J connectivity index is 1.83. The molecule has 0 radical (unpaired) electrons. The summed E-state index contributed by atoms with van der Waals surface area (Å²) in [7, 11) is 2.08. The zero-order valence-electron chi connectivity index (χ0n) is 12.8. The maximum Gasteiger partial charge on any atom is 0.315 e. The van der Waals surface area contributed by atoms with Crippen LogP contribution >= 0.6 is 0 Å². The molecule has 1 aliphatic carbocycles. The van der Waals surface area contributed by atoms with E-state index in [2.05, 4.69) is 22.6 Å². The molecule has 0 aromatic rings. The largest absolute Gasteiger partial charge is 0.481 e. The highest BCUT2D eigenvalue weighted by Crippen LogP contribution is 2.23. The van der Waals surface area contributed by atoms with E-state index in [0.717, 1.165) is 51.6 Å². The highest BCUT2D eigenvalue weighted by atomic mass is 16.4. The molecule has 1 aliphatic heterocycles. The number of aliphatic carboxylic acids is 1. The van der Waals surface area contributed by atoms with Crippen molar-refractivity contribution in [3.63, 3.8) is 0 Å². The molecule has 2 atom stereocenters. The quantitative estimate of drug-likeness (QED) is 0.688. The standard InChI is InChI=1S/C15H27N3O3/c1-18-9-7-11(8-10-18)16-15(21)17-13-6-4-2-3-5-12(13)14(19)20/h11-13H,2-10H2,1H3,(H,19,20)(H2,16,17,21). The van der Waals surface area contributed by atoms with Gasteiger partial charge in [0.2, 0.25) is 0 Å². The normalized spacial score (nSPS) is 28.6. The molecule has 6 nitrogen and oxygen atoms in total. The number of carbonyl (C=O) groups excluding carboxylic acids is 1. The minimum Gasteiger partial charge on any atom is -0.481 e. The molecule has 120 valence electrons. The lowest BCUT2D eigenvalue weighted by atomic mass is 9.95. The van der Waals surface area contributed by atoms with Gasteiger partial charge >= 0.3 is 12.0 Å². The smallest absolute Gasteiger partial charge is 0.315 e. The summed E-state index contributed by atoms with van der Waals surface area (Å²) in [5.41, 5.74) is 0. The van der Waals surface area contributed by atoms with Crippen LogP contribution in [0.1, 0.15) is 44.9 Å². The molecule has 2 rings (SSSR count). The van der Waals surface area contributed by atoms with Crippen molar-refractivity contribution in [2.75, 3.05) is 20.1 Å². The van der Waals surface area contributed by atoms with Crippen molar-refractivity contribution in [3.8, 4) is 0 Å². The Morgan fingerprint density at radius 3 is 2.33 bits per heavy atom. The number of piperidine rings is 1. The van der Waals surface area contributed by atoms with Crippen LogP contribution in [0.15, 0.2) is 0 Å². The minimum atomic E-state index is -0.790. The van der Waals surface area contributed by atoms with Crippen molar-refractivity contribution >= 4 is 12.0 Å². The summed E-state index contributed by atoms with van der Waals surface area (Å²) in [6.07, 6.45) is 6.31. The van der Waals surface area contributed by atoms with E-state index in [1.165, 1.54) is 0 Å². The molecule has 2 amide bonds. The van der Waals surface area contributed by atoms with Crippen LogP contribution in [0, 0.1) is 5.92 Å². The molecule has 0 bridgehead atoms. The number of carboxylic acids is 1. The SMILES string of the molecule is CN1CCC(NC(=O)NC2CCCCCC2C(=O)O)CC1. The van der Waals surface area contributed by atoms with E-state index in [-0.39, 0.29) is 18.1 Å². The molecular formula is C15H27N3O3. The molecule has 1 saturated carbocycles. The fraction of sp³-hybridized carbons (Fsp3) is 0.867. The monoisotopic (exact) mass is 297 g/mol. The van der Waals surface area contributed by atoms with E-state index >= 15 is 0 Å². The van der Waals surface area contributed by atoms with Crippen molar-refractivity contribution in [3.05, 3.63) is 0 Å². The number of urea groups is 1. The molecule has 2 unspecified atom stereocenters. The van der Waals surface area contributed by atoms with E-state index in [1.54, 1.807) is 0 Å². The molecule has 1 heterocycles. The van der Waals surface area contributed by atoms with Gasteiger partial charge in [0.05, 0.1) is 5.92 Å². The summed E-state index contributed by atoms with van der Waals surface area (Å²) in [6, 6.07) is -0.241. The lowest BCUT2D eigenvalue weighted by Crippen LogP contribution is -2.51. The first-order valence-corrected chi connectivity index (χ1v) is 8.04. The first-order chi connectivity index (χ1) is 10.1. The van der Waals surface area contributed by atoms with Gasteiger partial charge < -0.3 is 20.6 Å². The molecule has 0 spiro atoms. The van der Waals surface area contributed by atoms with Crippen LogP contribution in [-0.4, -0.2) is 54.2 Å². The van der Waals surface area contributed by atoms with Crippen molar-refractivity contribution in [2.24, 2.45) is 5.92 Å². The summed E-state index contributed by atoms with van der Waals surface area (Å²) in [5, 5.41) is 15.2. The van der Waals surface area contributed by atoms with Gasteiger partial charge in [-0.1, -0.05) is 19.3 Å². The number of hydrogen-bond donors (Lipinski definition) is 3. The second-order valence-electron chi connectivity index (χ2n) is 6.38. The average Bonchev–Trinajstić information content (AvgIpc) is 2.67. The van der Waals surface area contributed by atoms with Crippen LogP contribution in [0.5, 0.6) is 0 Å². The van der Waals surface area contributed by atoms with E-state index in [1.807, 2.05) is 0 Å². The van der Waals surface area contributed by atoms with Crippen molar-refractivity contribution in [2.45, 2.75) is 57.0 Å². The maximum absolute atomic E-state index is 12.1. The summed E-state index contributed by atoms with van der Waals surface area (Å²) < 4.78 is 0. The van der Waals surface area contributed by atoms with E-state index in [0.29, 0.717) is 6.42 Å². The Bertz CT molecular complexity index is 367. The Kier molecular flexibility index (Phi) is 5.85. The van der Waals surface area contributed by atoms with Crippen molar-refractivity contribution in [1.29, 1.82) is 0 Å². The molecule has 6 heteroatoms. The number of carbonyl (C=O) groups is 2. The third-order valence-electron chi connectivity index (χ3n) is 4.70. The number of carboxylic acid groups (broad SMARTS) is 1. The fourth-order valence-corrected chi connectivity index (χ4v) is 3.32. The third-order valence-corrected chi connectivity index (χ3v) is 4.70. The molecule has 2 aliphatic rings. The fourth-order valence-electron chi connectivity index (χ4n) is 3.32. The summed E-state index contributed by atoms with van der Waals surface area (Å²) in [4.78, 5) is 25.7. The number of hydrogen-bond acceptors (Lipinski definition) is 3. The highest BCUT2D eigenvalue weighted by Gasteiger charge is 2.31. The Hall–Kier alpha value is -1.30. The van der Waals surface area contributed by atoms with Gasteiger partial charge in [-0.2, -0.15) is 0 Å². The Morgan fingerprint density at radius 2 is 1.67 bits per heavy atom. The van der Waals surface area contributed by atoms with E-state index in [4.69, 9.17) is 0 Å². The van der Waals surface area contributed by atoms with Gasteiger partial charge in [-0.25, -0.2) is 4.79 Å². The highest BCUT2D eigenvalue weighted by molar-refractivity contribution is 5.77. The second kappa shape index (κ2) is 7.64. The summed E-state index contributed by atoms with van der Waals surface area (Å²) in [6.45, 7) is 1.98. The van der Waals surface area contributed by atoms with Crippen LogP contribution in [0.4, 0.5) is 4.79 Å². The van der Waals surface area contributed by atoms with Gasteiger partial charge in [0.25, 0.3) is 0 Å². The maximum atomic E-state index is 12.1. The first-order valence-electron chi connectivity index (χ1n) is 8.04. The van der Waals surface area contributed by atoms with Gasteiger partial charge in [0.1, 0.15) is 0 Å². The average molecular weight is 297 g/mol. The van der Waals surface area contributed by atoms with E-state index < -0.39 is 11.9 Å². The number of nitrogens with one attached hydrogen (secondary N) is 2. The van der Waals surface area contributed by atoms with Crippen molar-refractivity contribution < 1.29 is 14.7 Å². The molecular weight excluding hydrogens is 270 g/mol. The summed E-state index contributed by atoms with van der Waals surface area (Å²) in [5.74, 6) is -1.24. The lowest BCUT2D eigenvalue weighted by Gasteiger charge is -2.30. The van der Waals surface area contributed by atoms with Gasteiger partial charge in [-0.15, -0.1) is 0 Å². The van der Waals surface area contributed by atoms with Crippen LogP contribution in [0.2, 0.25) is 0 Å². The third kappa shape index (κ3) is 4.88. The molecule has 2 fully saturated rings. The second-order valence-corrected chi connectivity index (χ2v) is 6.38. The summed E-state index contributed by atoms with van der Waals surface area (Å²) >= 11 is 0. The molecule has 0 aromatic heterocycles. The molecule has 21 heavy (non-hydrogen) atoms. The van der Waals surface area contributed by atoms with Crippen LogP contribution in [0.25, 0.3) is 0 Å². The van der Waals surface area contributed by atoms with Crippen LogP contribution in [-0.2, 0) is 4.79 Å². The van der Waals surface area contributed by atoms with Gasteiger partial charge in [0, 0.05) is 12.1 Å². The number of amides is 2. The van der Waals surface area contributed by atoms with Crippen LogP contribution in [0.3, 0.4) is 0 Å². The number of likely N-dealkylation sites (tertiary alicyclic amines) is 1. The Labute approximate surface area is 126 Å². The molecule has 0 aromatic carbocycles. The number of nitrogens with zero attached hydrogens (tertiary/aromatic N) is 1. The molecule has 3 N–H and O–H groups in total. The number of rotatable bonds is 3. The van der Waals surface area contributed by atoms with Crippen LogP contribution < -0.4 is 10.6 Å². The zero-order chi connectivity index (χ0) is 15.2. The van der Waals surface area contributed by atoms with Gasteiger partial charge in [-0.05, 0) is 45.8 Å². The Morgan fingerprint density at radius 1 is 1.00 bits per heavy atom. The van der Waals surface area contributed by atoms with Gasteiger partial charge in [0.15, 0.2) is 0 Å². The predicted octanol–water partition coefficient (Wildman–Crippen LogP) is 1.41. The topological polar surface area (TPSA) is 81.7 Å². The molecule has 1 saturated heterocycles. The van der Waals surface area contributed by atoms with E-state index in [9.17, 15) is 14.7 Å². The first kappa shape index (κ1) is 16.1.